The first-order valence-electron chi connectivity index (χ1n) is 12.1. The van der Waals surface area contributed by atoms with Crippen LogP contribution in [0, 0.1) is 0 Å². The van der Waals surface area contributed by atoms with Crippen molar-refractivity contribution in [3.63, 3.8) is 0 Å². The average molecular weight is 478 g/mol. The summed E-state index contributed by atoms with van der Waals surface area (Å²) in [5.74, 6) is 0.288. The SMILES string of the molecule is CCCCOc1nc(N)c2nc(OC)n(CCCCN3CCN(C(=O)OC(C)(C)C)CC3)c2n1. The van der Waals surface area contributed by atoms with Gasteiger partial charge in [-0.15, -0.1) is 0 Å². The standard InChI is InChI=1S/C23H39N7O4/c1-6-7-16-33-20-26-18(24)17-19(27-20)30(21(25-17)32-5)11-9-8-10-28-12-14-29(15-13-28)22(31)34-23(2,3)4/h6-16H2,1-5H3,(H2,24,26,27). The van der Waals surface area contributed by atoms with Crippen molar-refractivity contribution in [2.45, 2.75) is 65.5 Å². The topological polar surface area (TPSA) is 121 Å². The predicted octanol–water partition coefficient (Wildman–Crippen LogP) is 2.93. The lowest BCUT2D eigenvalue weighted by atomic mass is 10.2. The number of rotatable bonds is 10. The van der Waals surface area contributed by atoms with Crippen molar-refractivity contribution in [1.82, 2.24) is 29.3 Å². The number of carbonyl (C=O) groups excluding carboxylic acids is 1. The zero-order valence-corrected chi connectivity index (χ0v) is 21.2. The third kappa shape index (κ3) is 6.85. The Morgan fingerprint density at radius 3 is 2.38 bits per heavy atom. The molecule has 11 nitrogen and oxygen atoms in total. The van der Waals surface area contributed by atoms with E-state index in [1.807, 2.05) is 25.3 Å². The van der Waals surface area contributed by atoms with Crippen LogP contribution in [0.5, 0.6) is 12.0 Å². The molecule has 190 valence electrons. The van der Waals surface area contributed by atoms with E-state index in [0.717, 1.165) is 45.3 Å². The van der Waals surface area contributed by atoms with Crippen LogP contribution < -0.4 is 15.2 Å². The van der Waals surface area contributed by atoms with E-state index >= 15 is 0 Å². The van der Waals surface area contributed by atoms with Gasteiger partial charge in [-0.2, -0.15) is 15.0 Å². The van der Waals surface area contributed by atoms with Gasteiger partial charge in [0.1, 0.15) is 5.60 Å². The van der Waals surface area contributed by atoms with Gasteiger partial charge in [0.05, 0.1) is 13.7 Å². The van der Waals surface area contributed by atoms with Crippen LogP contribution in [0.25, 0.3) is 11.2 Å². The van der Waals surface area contributed by atoms with Crippen molar-refractivity contribution in [3.05, 3.63) is 0 Å². The maximum atomic E-state index is 12.2. The third-order valence-electron chi connectivity index (χ3n) is 5.61. The Balaban J connectivity index is 1.52. The van der Waals surface area contributed by atoms with Crippen LogP contribution in [0.1, 0.15) is 53.4 Å². The van der Waals surface area contributed by atoms with Gasteiger partial charge in [0.25, 0.3) is 6.01 Å². The Bertz CT molecular complexity index is 949. The van der Waals surface area contributed by atoms with Crippen LogP contribution in [0.2, 0.25) is 0 Å². The summed E-state index contributed by atoms with van der Waals surface area (Å²) in [4.78, 5) is 29.6. The molecule has 0 bridgehead atoms. The highest BCUT2D eigenvalue weighted by atomic mass is 16.6. The number of anilines is 1. The van der Waals surface area contributed by atoms with Crippen molar-refractivity contribution in [3.8, 4) is 12.0 Å². The van der Waals surface area contributed by atoms with Crippen LogP contribution in [0.15, 0.2) is 0 Å². The Labute approximate surface area is 201 Å². The van der Waals surface area contributed by atoms with Crippen molar-refractivity contribution in [2.75, 3.05) is 52.2 Å². The maximum Gasteiger partial charge on any atom is 0.410 e. The molecule has 2 aromatic heterocycles. The van der Waals surface area contributed by atoms with Gasteiger partial charge in [0.2, 0.25) is 0 Å². The van der Waals surface area contributed by atoms with E-state index in [1.165, 1.54) is 0 Å². The molecule has 0 aromatic carbocycles. The van der Waals surface area contributed by atoms with Gasteiger partial charge >= 0.3 is 12.1 Å². The van der Waals surface area contributed by atoms with Gasteiger partial charge in [-0.05, 0) is 46.6 Å². The fraction of sp³-hybridized carbons (Fsp3) is 0.739. The Kier molecular flexibility index (Phi) is 8.76. The number of methoxy groups -OCH3 is 1. The van der Waals surface area contributed by atoms with Crippen molar-refractivity contribution >= 4 is 23.1 Å². The van der Waals surface area contributed by atoms with E-state index in [2.05, 4.69) is 26.8 Å². The second kappa shape index (κ2) is 11.5. The van der Waals surface area contributed by atoms with E-state index < -0.39 is 5.60 Å². The van der Waals surface area contributed by atoms with E-state index in [0.29, 0.717) is 43.4 Å². The predicted molar refractivity (Wildman–Crippen MR) is 130 cm³/mol. The molecule has 1 saturated heterocycles. The zero-order chi connectivity index (χ0) is 24.7. The number of nitrogens with zero attached hydrogens (tertiary/aromatic N) is 6. The number of aryl methyl sites for hydroxylation is 1. The number of imidazole rings is 1. The summed E-state index contributed by atoms with van der Waals surface area (Å²) >= 11 is 0. The molecule has 0 saturated carbocycles. The van der Waals surface area contributed by atoms with E-state index in [1.54, 1.807) is 12.0 Å². The maximum absolute atomic E-state index is 12.2. The van der Waals surface area contributed by atoms with Crippen molar-refractivity contribution in [2.24, 2.45) is 0 Å². The number of carbonyl (C=O) groups is 1. The molecule has 1 aliphatic heterocycles. The molecule has 34 heavy (non-hydrogen) atoms. The zero-order valence-electron chi connectivity index (χ0n) is 21.2. The summed E-state index contributed by atoms with van der Waals surface area (Å²) in [5, 5.41) is 0. The largest absolute Gasteiger partial charge is 0.468 e. The molecule has 0 atom stereocenters. The minimum Gasteiger partial charge on any atom is -0.468 e. The molecule has 0 radical (unpaired) electrons. The van der Waals surface area contributed by atoms with Crippen LogP contribution >= 0.6 is 0 Å². The van der Waals surface area contributed by atoms with Crippen LogP contribution in [0.4, 0.5) is 10.6 Å². The summed E-state index contributed by atoms with van der Waals surface area (Å²) < 4.78 is 18.5. The average Bonchev–Trinajstić information content (AvgIpc) is 3.14. The molecule has 1 aliphatic rings. The highest BCUT2D eigenvalue weighted by Gasteiger charge is 2.25. The molecule has 1 fully saturated rings. The molecule has 2 aromatic rings. The lowest BCUT2D eigenvalue weighted by Gasteiger charge is -2.35. The number of unbranched alkanes of at least 4 members (excludes halogenated alkanes) is 2. The number of ether oxygens (including phenoxy) is 3. The summed E-state index contributed by atoms with van der Waals surface area (Å²) in [6.45, 7) is 13.0. The second-order valence-corrected chi connectivity index (χ2v) is 9.53. The summed E-state index contributed by atoms with van der Waals surface area (Å²) in [6.07, 6.45) is 3.64. The quantitative estimate of drug-likeness (QED) is 0.515. The highest BCUT2D eigenvalue weighted by Crippen LogP contribution is 2.26. The molecule has 2 N–H and O–H groups in total. The third-order valence-corrected chi connectivity index (χ3v) is 5.61. The lowest BCUT2D eigenvalue weighted by Crippen LogP contribution is -2.50. The summed E-state index contributed by atoms with van der Waals surface area (Å²) in [6, 6.07) is 0.734. The molecular weight excluding hydrogens is 438 g/mol. The first-order valence-corrected chi connectivity index (χ1v) is 12.1. The van der Waals surface area contributed by atoms with Gasteiger partial charge in [0, 0.05) is 32.7 Å². The molecule has 11 heteroatoms. The Morgan fingerprint density at radius 1 is 1.03 bits per heavy atom. The second-order valence-electron chi connectivity index (χ2n) is 9.53. The number of hydrogen-bond donors (Lipinski definition) is 1. The number of hydrogen-bond acceptors (Lipinski definition) is 9. The smallest absolute Gasteiger partial charge is 0.410 e. The van der Waals surface area contributed by atoms with Crippen LogP contribution in [-0.2, 0) is 11.3 Å². The van der Waals surface area contributed by atoms with E-state index in [9.17, 15) is 4.79 Å². The van der Waals surface area contributed by atoms with Gasteiger partial charge in [0.15, 0.2) is 17.0 Å². The van der Waals surface area contributed by atoms with Gasteiger partial charge in [-0.1, -0.05) is 13.3 Å². The van der Waals surface area contributed by atoms with Crippen LogP contribution in [0.3, 0.4) is 0 Å². The fourth-order valence-electron chi connectivity index (χ4n) is 3.80. The number of amides is 1. The minimum absolute atomic E-state index is 0.231. The Morgan fingerprint density at radius 2 is 1.74 bits per heavy atom. The van der Waals surface area contributed by atoms with E-state index in [4.69, 9.17) is 19.9 Å². The number of fused-ring (bicyclic) bond motifs is 1. The number of aromatic nitrogens is 4. The lowest BCUT2D eigenvalue weighted by molar-refractivity contribution is 0.0144. The van der Waals surface area contributed by atoms with Crippen LogP contribution in [-0.4, -0.2) is 87.5 Å². The number of nitrogen functional groups attached to an aromatic ring is 1. The van der Waals surface area contributed by atoms with Crippen molar-refractivity contribution < 1.29 is 19.0 Å². The number of nitrogens with two attached hydrogens (primary N) is 1. The van der Waals surface area contributed by atoms with Gasteiger partial charge < -0.3 is 24.8 Å². The number of piperazine rings is 1. The summed E-state index contributed by atoms with van der Waals surface area (Å²) in [7, 11) is 1.59. The molecular formula is C23H39N7O4. The van der Waals surface area contributed by atoms with Gasteiger partial charge in [-0.25, -0.2) is 4.79 Å². The minimum atomic E-state index is -0.468. The first-order chi connectivity index (χ1) is 16.2. The van der Waals surface area contributed by atoms with Crippen molar-refractivity contribution in [1.29, 1.82) is 0 Å². The van der Waals surface area contributed by atoms with Gasteiger partial charge in [-0.3, -0.25) is 9.47 Å². The molecule has 1 amide bonds. The highest BCUT2D eigenvalue weighted by molar-refractivity contribution is 5.83. The first kappa shape index (κ1) is 25.8. The Hall–Kier alpha value is -2.82. The molecule has 0 spiro atoms. The molecule has 0 aliphatic carbocycles. The fourth-order valence-corrected chi connectivity index (χ4v) is 3.80. The molecule has 0 unspecified atom stereocenters. The molecule has 3 rings (SSSR count). The summed E-state index contributed by atoms with van der Waals surface area (Å²) in [5.41, 5.74) is 6.80. The van der Waals surface area contributed by atoms with E-state index in [-0.39, 0.29) is 17.9 Å². The monoisotopic (exact) mass is 477 g/mol. The molecule has 3 heterocycles. The normalized spacial score (nSPS) is 15.0.